The van der Waals surface area contributed by atoms with Crippen LogP contribution in [0.1, 0.15) is 36.8 Å². The molecule has 51 heavy (non-hydrogen) atoms. The van der Waals surface area contributed by atoms with Gasteiger partial charge in [0.1, 0.15) is 28.8 Å². The second-order valence-corrected chi connectivity index (χ2v) is 13.5. The molecule has 1 atom stereocenters. The monoisotopic (exact) mass is 660 g/mol. The Morgan fingerprint density at radius 1 is 0.667 bits per heavy atom. The van der Waals surface area contributed by atoms with Crippen molar-refractivity contribution in [1.29, 1.82) is 0 Å². The van der Waals surface area contributed by atoms with Crippen molar-refractivity contribution in [3.8, 4) is 0 Å². The summed E-state index contributed by atoms with van der Waals surface area (Å²) in [4.78, 5) is 10.6. The summed E-state index contributed by atoms with van der Waals surface area (Å²) in [5.41, 5.74) is 10.1. The number of nitrogens with zero attached hydrogens (tertiary/aromatic N) is 3. The molecule has 0 fully saturated rings. The van der Waals surface area contributed by atoms with Crippen LogP contribution < -0.4 is 16.0 Å². The highest BCUT2D eigenvalue weighted by Gasteiger charge is 2.27. The zero-order chi connectivity index (χ0) is 33.5. The van der Waals surface area contributed by atoms with E-state index in [9.17, 15) is 0 Å². The van der Waals surface area contributed by atoms with Gasteiger partial charge >= 0.3 is 0 Å². The number of furan rings is 2. The molecular weight excluding hydrogens is 629 g/mol. The van der Waals surface area contributed by atoms with Crippen molar-refractivity contribution >= 4 is 78.2 Å². The number of amidine groups is 2. The topological polar surface area (TPSA) is 68.0 Å². The Morgan fingerprint density at radius 2 is 1.39 bits per heavy atom. The van der Waals surface area contributed by atoms with Crippen molar-refractivity contribution in [3.05, 3.63) is 155 Å². The number of nitrogens with one attached hydrogen (secondary N) is 1. The van der Waals surface area contributed by atoms with Gasteiger partial charge in [-0.25, -0.2) is 9.98 Å². The lowest BCUT2D eigenvalue weighted by Crippen LogP contribution is -2.40. The van der Waals surface area contributed by atoms with Crippen LogP contribution in [0.15, 0.2) is 152 Å². The van der Waals surface area contributed by atoms with Crippen LogP contribution in [0.5, 0.6) is 0 Å². The van der Waals surface area contributed by atoms with Gasteiger partial charge in [0, 0.05) is 37.7 Å². The summed E-state index contributed by atoms with van der Waals surface area (Å²) < 4.78 is 15.8. The van der Waals surface area contributed by atoms with E-state index >= 15 is 0 Å². The fourth-order valence-electron chi connectivity index (χ4n) is 8.34. The van der Waals surface area contributed by atoms with E-state index in [0.29, 0.717) is 5.84 Å². The van der Waals surface area contributed by atoms with Crippen molar-refractivity contribution in [2.45, 2.75) is 31.8 Å². The summed E-state index contributed by atoms with van der Waals surface area (Å²) in [6, 6.07) is 38.1. The number of fused-ring (bicyclic) bond motifs is 9. The van der Waals surface area contributed by atoms with Crippen LogP contribution in [-0.4, -0.2) is 22.4 Å². The molecule has 4 heterocycles. The summed E-state index contributed by atoms with van der Waals surface area (Å²) in [6.07, 6.45) is 12.3. The fourth-order valence-corrected chi connectivity index (χ4v) is 8.34. The average Bonchev–Trinajstić information content (AvgIpc) is 3.88. The first kappa shape index (κ1) is 28.4. The van der Waals surface area contributed by atoms with Crippen molar-refractivity contribution in [2.24, 2.45) is 9.98 Å². The van der Waals surface area contributed by atoms with Crippen LogP contribution in [0.3, 0.4) is 0 Å². The van der Waals surface area contributed by atoms with Gasteiger partial charge in [-0.1, -0.05) is 103 Å². The van der Waals surface area contributed by atoms with Gasteiger partial charge in [-0.2, -0.15) is 0 Å². The number of allylic oxidation sites excluding steroid dienone is 3. The van der Waals surface area contributed by atoms with E-state index in [1.54, 1.807) is 0 Å². The number of benzene rings is 5. The minimum Gasteiger partial charge on any atom is -0.455 e. The van der Waals surface area contributed by atoms with Gasteiger partial charge in [-0.15, -0.1) is 0 Å². The third kappa shape index (κ3) is 4.29. The molecule has 0 saturated heterocycles. The number of hydrogen-bond acceptors (Lipinski definition) is 5. The second-order valence-electron chi connectivity index (χ2n) is 13.5. The standard InChI is InChI=1S/C45H32N4O2/c1-2-13-27(14-3-1)43-46-44(48-45(47-43)34-21-10-18-31-30-17-6-9-25-38(30)50-41(31)34)33-20-12-26-39-40(33)32-19-11-24-37(42(32)51-39)49-35-22-7-4-15-28(35)29-16-5-8-23-36(29)49/h1-2,4-10,12-13,15-23,25-26,43H,3,11,14,24H2,(H,46,47,48). The zero-order valence-electron chi connectivity index (χ0n) is 27.8. The van der Waals surface area contributed by atoms with E-state index in [2.05, 4.69) is 131 Å². The first-order valence-electron chi connectivity index (χ1n) is 17.7. The van der Waals surface area contributed by atoms with Gasteiger partial charge < -0.3 is 18.7 Å². The predicted octanol–water partition coefficient (Wildman–Crippen LogP) is 9.07. The smallest absolute Gasteiger partial charge is 0.160 e. The summed E-state index contributed by atoms with van der Waals surface area (Å²) in [7, 11) is 0. The molecular formula is C45H32N4O2. The van der Waals surface area contributed by atoms with Crippen LogP contribution >= 0.6 is 0 Å². The first-order valence-corrected chi connectivity index (χ1v) is 17.7. The Hall–Kier alpha value is -6.40. The van der Waals surface area contributed by atoms with Crippen molar-refractivity contribution < 1.29 is 8.83 Å². The lowest BCUT2D eigenvalue weighted by molar-refractivity contribution is 0.563. The third-order valence-corrected chi connectivity index (χ3v) is 10.6. The fraction of sp³-hybridized carbons (Fsp3) is 0.111. The van der Waals surface area contributed by atoms with E-state index < -0.39 is 0 Å². The van der Waals surface area contributed by atoms with Gasteiger partial charge in [-0.05, 0) is 61.6 Å². The first-order chi connectivity index (χ1) is 25.3. The van der Waals surface area contributed by atoms with E-state index in [-0.39, 0.29) is 6.17 Å². The number of hydrogen-bond donors (Lipinski definition) is 1. The third-order valence-electron chi connectivity index (χ3n) is 10.6. The maximum absolute atomic E-state index is 6.86. The molecule has 0 spiro atoms. The molecule has 8 aromatic rings. The molecule has 2 aliphatic carbocycles. The Bertz CT molecular complexity index is 2970. The quantitative estimate of drug-likeness (QED) is 0.205. The SMILES string of the molecule is C1=CCCC(C2N=C(c3cccc4oc5c(c34)=CCCC=5n3c4ccccc4c4ccccc43)N=C(c3cccc4c3oc3ccccc34)N2)=C1. The van der Waals surface area contributed by atoms with E-state index in [1.807, 2.05) is 12.1 Å². The van der Waals surface area contributed by atoms with Crippen LogP contribution in [0, 0.1) is 0 Å². The van der Waals surface area contributed by atoms with Crippen LogP contribution in [0.4, 0.5) is 0 Å². The molecule has 6 nitrogen and oxygen atoms in total. The molecule has 6 heteroatoms. The Kier molecular flexibility index (Phi) is 6.16. The molecule has 11 rings (SSSR count). The summed E-state index contributed by atoms with van der Waals surface area (Å²) >= 11 is 0. The van der Waals surface area contributed by atoms with Crippen molar-refractivity contribution in [1.82, 2.24) is 9.88 Å². The summed E-state index contributed by atoms with van der Waals surface area (Å²) in [5, 5.41) is 10.5. The Labute approximate surface area is 292 Å². The minimum atomic E-state index is -0.265. The van der Waals surface area contributed by atoms with Gasteiger partial charge in [-0.3, -0.25) is 0 Å². The number of para-hydroxylation sites is 4. The van der Waals surface area contributed by atoms with E-state index in [4.69, 9.17) is 18.8 Å². The largest absolute Gasteiger partial charge is 0.455 e. The Balaban J connectivity index is 1.15. The minimum absolute atomic E-state index is 0.265. The van der Waals surface area contributed by atoms with Gasteiger partial charge in [0.25, 0.3) is 0 Å². The molecule has 1 N–H and O–H groups in total. The van der Waals surface area contributed by atoms with Crippen LogP contribution in [0.25, 0.3) is 66.5 Å². The number of aliphatic imine (C=N–C) groups is 2. The number of rotatable bonds is 4. The van der Waals surface area contributed by atoms with Gasteiger partial charge in [0.2, 0.25) is 0 Å². The summed E-state index contributed by atoms with van der Waals surface area (Å²) in [5.74, 6) is 1.44. The molecule has 3 aromatic heterocycles. The molecule has 0 radical (unpaired) electrons. The lowest BCUT2D eigenvalue weighted by Gasteiger charge is -2.26. The average molecular weight is 661 g/mol. The van der Waals surface area contributed by atoms with Gasteiger partial charge in [0.15, 0.2) is 11.3 Å². The molecule has 244 valence electrons. The molecule has 1 aliphatic heterocycles. The highest BCUT2D eigenvalue weighted by atomic mass is 16.3. The second kappa shape index (κ2) is 11.1. The normalized spacial score (nSPS) is 17.5. The molecule has 1 unspecified atom stereocenters. The molecule has 0 bridgehead atoms. The molecule has 0 amide bonds. The summed E-state index contributed by atoms with van der Waals surface area (Å²) in [6.45, 7) is 0. The molecule has 3 aliphatic rings. The maximum Gasteiger partial charge on any atom is 0.160 e. The highest BCUT2D eigenvalue weighted by Crippen LogP contribution is 2.34. The maximum atomic E-state index is 6.86. The van der Waals surface area contributed by atoms with Crippen LogP contribution in [0.2, 0.25) is 0 Å². The highest BCUT2D eigenvalue weighted by molar-refractivity contribution is 6.21. The molecule has 5 aromatic carbocycles. The van der Waals surface area contributed by atoms with Crippen LogP contribution in [-0.2, 0) is 0 Å². The van der Waals surface area contributed by atoms with Crippen molar-refractivity contribution in [3.63, 3.8) is 0 Å². The van der Waals surface area contributed by atoms with E-state index in [0.717, 1.165) is 86.2 Å². The lowest BCUT2D eigenvalue weighted by atomic mass is 10.00. The Morgan fingerprint density at radius 3 is 2.22 bits per heavy atom. The number of aromatic nitrogens is 1. The predicted molar refractivity (Wildman–Crippen MR) is 208 cm³/mol. The van der Waals surface area contributed by atoms with E-state index in [1.165, 1.54) is 33.1 Å². The molecule has 0 saturated carbocycles. The van der Waals surface area contributed by atoms with Crippen molar-refractivity contribution in [2.75, 3.05) is 0 Å². The zero-order valence-corrected chi connectivity index (χ0v) is 27.8. The van der Waals surface area contributed by atoms with Gasteiger partial charge in [0.05, 0.1) is 22.3 Å².